The summed E-state index contributed by atoms with van der Waals surface area (Å²) in [6, 6.07) is 9.85. The highest BCUT2D eigenvalue weighted by Gasteiger charge is 2.18. The molecule has 0 amide bonds. The van der Waals surface area contributed by atoms with E-state index in [1.165, 1.54) is 37.5 Å². The van der Waals surface area contributed by atoms with Crippen molar-refractivity contribution in [2.45, 2.75) is 39.0 Å². The van der Waals surface area contributed by atoms with E-state index in [1.54, 1.807) is 12.1 Å². The number of halogens is 2. The number of carbonyl (C=O) groups excluding carboxylic acids is 1. The third-order valence-electron chi connectivity index (χ3n) is 3.98. The number of hydrogen-bond acceptors (Lipinski definition) is 4. The summed E-state index contributed by atoms with van der Waals surface area (Å²) in [5.41, 5.74) is -0.280. The minimum absolute atomic E-state index is 0.175. The molecule has 0 aliphatic carbocycles. The van der Waals surface area contributed by atoms with Gasteiger partial charge in [0.25, 0.3) is 0 Å². The van der Waals surface area contributed by atoms with Gasteiger partial charge in [0.05, 0.1) is 17.7 Å². The van der Waals surface area contributed by atoms with E-state index in [2.05, 4.69) is 6.92 Å². The normalized spacial score (nSPS) is 10.3. The van der Waals surface area contributed by atoms with Gasteiger partial charge in [-0.3, -0.25) is 0 Å². The molecule has 2 aromatic carbocycles. The Morgan fingerprint density at radius 3 is 2.37 bits per heavy atom. The lowest BCUT2D eigenvalue weighted by molar-refractivity contribution is 0.0726. The maximum Gasteiger partial charge on any atom is 0.343 e. The first kappa shape index (κ1) is 20.4. The number of carbonyl (C=O) groups is 1. The average Bonchev–Trinajstić information content (AvgIpc) is 2.69. The third-order valence-corrected chi connectivity index (χ3v) is 3.98. The molecule has 0 aromatic heterocycles. The van der Waals surface area contributed by atoms with Crippen LogP contribution in [0.5, 0.6) is 11.5 Å². The Balaban J connectivity index is 1.90. The number of ether oxygens (including phenoxy) is 2. The number of rotatable bonds is 9. The number of unbranched alkanes of at least 4 members (excludes halogenated alkanes) is 4. The van der Waals surface area contributed by atoms with Gasteiger partial charge in [0.1, 0.15) is 11.8 Å². The molecule has 0 saturated carbocycles. The van der Waals surface area contributed by atoms with E-state index in [9.17, 15) is 13.6 Å². The Labute approximate surface area is 157 Å². The molecule has 2 aromatic rings. The van der Waals surface area contributed by atoms with Crippen LogP contribution in [0.25, 0.3) is 0 Å². The van der Waals surface area contributed by atoms with Gasteiger partial charge in [-0.1, -0.05) is 32.6 Å². The topological polar surface area (TPSA) is 59.3 Å². The molecule has 0 saturated heterocycles. The van der Waals surface area contributed by atoms with Crippen LogP contribution in [0, 0.1) is 23.0 Å². The highest BCUT2D eigenvalue weighted by atomic mass is 19.2. The molecule has 0 heterocycles. The fourth-order valence-corrected chi connectivity index (χ4v) is 2.44. The van der Waals surface area contributed by atoms with Crippen molar-refractivity contribution in [1.29, 1.82) is 5.26 Å². The minimum atomic E-state index is -1.37. The standard InChI is InChI=1S/C21H21F2NO3/c1-2-3-4-5-6-13-26-17-10-7-15(8-11-17)21(25)27-18-12-9-16(14-24)19(22)20(18)23/h7-12H,2-6,13H2,1H3. The van der Waals surface area contributed by atoms with Crippen molar-refractivity contribution in [1.82, 2.24) is 0 Å². The van der Waals surface area contributed by atoms with Crippen molar-refractivity contribution in [3.8, 4) is 17.6 Å². The molecule has 6 heteroatoms. The number of esters is 1. The quantitative estimate of drug-likeness (QED) is 0.335. The monoisotopic (exact) mass is 373 g/mol. The summed E-state index contributed by atoms with van der Waals surface area (Å²) in [5.74, 6) is -3.48. The van der Waals surface area contributed by atoms with Crippen LogP contribution in [0.1, 0.15) is 54.9 Å². The number of hydrogen-bond donors (Lipinski definition) is 0. The van der Waals surface area contributed by atoms with Crippen molar-refractivity contribution in [3.05, 3.63) is 59.2 Å². The molecule has 0 atom stereocenters. The molecule has 0 radical (unpaired) electrons. The van der Waals surface area contributed by atoms with Crippen LogP contribution in [0.4, 0.5) is 8.78 Å². The van der Waals surface area contributed by atoms with Gasteiger partial charge in [0.2, 0.25) is 5.82 Å². The molecule has 0 aliphatic rings. The fraction of sp³-hybridized carbons (Fsp3) is 0.333. The van der Waals surface area contributed by atoms with Crippen LogP contribution in [-0.4, -0.2) is 12.6 Å². The maximum atomic E-state index is 13.8. The molecular weight excluding hydrogens is 352 g/mol. The van der Waals surface area contributed by atoms with E-state index in [1.807, 2.05) is 0 Å². The summed E-state index contributed by atoms with van der Waals surface area (Å²) in [4.78, 5) is 12.1. The lowest BCUT2D eigenvalue weighted by Gasteiger charge is -2.08. The number of benzene rings is 2. The highest BCUT2D eigenvalue weighted by Crippen LogP contribution is 2.23. The van der Waals surface area contributed by atoms with E-state index in [0.717, 1.165) is 25.0 Å². The average molecular weight is 373 g/mol. The van der Waals surface area contributed by atoms with Crippen LogP contribution in [0.3, 0.4) is 0 Å². The van der Waals surface area contributed by atoms with Crippen LogP contribution < -0.4 is 9.47 Å². The lowest BCUT2D eigenvalue weighted by Crippen LogP contribution is -2.10. The zero-order valence-electron chi connectivity index (χ0n) is 15.1. The Bertz CT molecular complexity index is 813. The smallest absolute Gasteiger partial charge is 0.343 e. The molecule has 4 nitrogen and oxygen atoms in total. The van der Waals surface area contributed by atoms with Crippen LogP contribution in [0.15, 0.2) is 36.4 Å². The summed E-state index contributed by atoms with van der Waals surface area (Å²) in [5, 5.41) is 8.66. The zero-order chi connectivity index (χ0) is 19.6. The predicted molar refractivity (Wildman–Crippen MR) is 96.7 cm³/mol. The van der Waals surface area contributed by atoms with Crippen molar-refractivity contribution < 1.29 is 23.0 Å². The molecule has 142 valence electrons. The number of nitriles is 1. The van der Waals surface area contributed by atoms with Gasteiger partial charge < -0.3 is 9.47 Å². The summed E-state index contributed by atoms with van der Waals surface area (Å²) in [6.07, 6.45) is 5.69. The summed E-state index contributed by atoms with van der Waals surface area (Å²) in [7, 11) is 0. The van der Waals surface area contributed by atoms with Crippen molar-refractivity contribution in [3.63, 3.8) is 0 Å². The van der Waals surface area contributed by atoms with Gasteiger partial charge in [-0.05, 0) is 42.8 Å². The van der Waals surface area contributed by atoms with Gasteiger partial charge in [-0.15, -0.1) is 0 Å². The first-order chi connectivity index (χ1) is 13.1. The summed E-state index contributed by atoms with van der Waals surface area (Å²) < 4.78 is 37.9. The lowest BCUT2D eigenvalue weighted by atomic mass is 10.2. The number of nitrogens with zero attached hydrogens (tertiary/aromatic N) is 1. The SMILES string of the molecule is CCCCCCCOc1ccc(C(=O)Oc2ccc(C#N)c(F)c2F)cc1. The van der Waals surface area contributed by atoms with Crippen LogP contribution in [-0.2, 0) is 0 Å². The van der Waals surface area contributed by atoms with Crippen LogP contribution in [0.2, 0.25) is 0 Å². The first-order valence-electron chi connectivity index (χ1n) is 8.90. The molecule has 0 N–H and O–H groups in total. The second-order valence-electron chi connectivity index (χ2n) is 6.03. The van der Waals surface area contributed by atoms with Gasteiger partial charge >= 0.3 is 5.97 Å². The Morgan fingerprint density at radius 2 is 1.70 bits per heavy atom. The summed E-state index contributed by atoms with van der Waals surface area (Å²) >= 11 is 0. The van der Waals surface area contributed by atoms with E-state index >= 15 is 0 Å². The largest absolute Gasteiger partial charge is 0.494 e. The molecule has 0 unspecified atom stereocenters. The Hall–Kier alpha value is -2.94. The fourth-order valence-electron chi connectivity index (χ4n) is 2.44. The summed E-state index contributed by atoms with van der Waals surface area (Å²) in [6.45, 7) is 2.76. The third kappa shape index (κ3) is 5.78. The molecule has 0 fully saturated rings. The van der Waals surface area contributed by atoms with Crippen molar-refractivity contribution in [2.75, 3.05) is 6.61 Å². The van der Waals surface area contributed by atoms with E-state index < -0.39 is 28.9 Å². The molecule has 0 aliphatic heterocycles. The van der Waals surface area contributed by atoms with E-state index in [4.69, 9.17) is 14.7 Å². The second-order valence-corrected chi connectivity index (χ2v) is 6.03. The Morgan fingerprint density at radius 1 is 1.00 bits per heavy atom. The van der Waals surface area contributed by atoms with E-state index in [0.29, 0.717) is 12.4 Å². The molecule has 27 heavy (non-hydrogen) atoms. The Kier molecular flexibility index (Phi) is 7.75. The van der Waals surface area contributed by atoms with Crippen molar-refractivity contribution in [2.24, 2.45) is 0 Å². The predicted octanol–water partition coefficient (Wildman–Crippen LogP) is 5.40. The van der Waals surface area contributed by atoms with Gasteiger partial charge in [-0.2, -0.15) is 9.65 Å². The maximum absolute atomic E-state index is 13.8. The molecular formula is C21H21F2NO3. The zero-order valence-corrected chi connectivity index (χ0v) is 15.1. The molecule has 0 bridgehead atoms. The van der Waals surface area contributed by atoms with Gasteiger partial charge in [0.15, 0.2) is 11.6 Å². The molecule has 0 spiro atoms. The van der Waals surface area contributed by atoms with Gasteiger partial charge in [-0.25, -0.2) is 9.18 Å². The van der Waals surface area contributed by atoms with E-state index in [-0.39, 0.29) is 5.56 Å². The van der Waals surface area contributed by atoms with Crippen molar-refractivity contribution >= 4 is 5.97 Å². The molecule has 2 rings (SSSR count). The first-order valence-corrected chi connectivity index (χ1v) is 8.90. The van der Waals surface area contributed by atoms with Gasteiger partial charge in [0, 0.05) is 0 Å². The van der Waals surface area contributed by atoms with Crippen LogP contribution >= 0.6 is 0 Å². The second kappa shape index (κ2) is 10.3. The highest BCUT2D eigenvalue weighted by molar-refractivity contribution is 5.91. The minimum Gasteiger partial charge on any atom is -0.494 e.